The molecule has 0 unspecified atom stereocenters. The number of rotatable bonds is 5. The van der Waals surface area contributed by atoms with Crippen LogP contribution in [0.4, 0.5) is 11.5 Å². The van der Waals surface area contributed by atoms with E-state index in [2.05, 4.69) is 55.4 Å². The number of allylic oxidation sites excluding steroid dienone is 2. The second-order valence-electron chi connectivity index (χ2n) is 7.33. The Morgan fingerprint density at radius 1 is 1.06 bits per heavy atom. The Balaban J connectivity index is 1.38. The molecule has 0 amide bonds. The molecule has 31 heavy (non-hydrogen) atoms. The number of aliphatic imine (C=N–C) groups is 1. The lowest BCUT2D eigenvalue weighted by molar-refractivity contribution is 0.189. The van der Waals surface area contributed by atoms with E-state index < -0.39 is 0 Å². The van der Waals surface area contributed by atoms with E-state index in [0.29, 0.717) is 6.54 Å². The fraction of sp³-hybridized carbons (Fsp3) is 0.348. The number of aliphatic hydroxyl groups is 1. The summed E-state index contributed by atoms with van der Waals surface area (Å²) >= 11 is 1.67. The van der Waals surface area contributed by atoms with Crippen LogP contribution in [-0.4, -0.2) is 76.8 Å². The molecular formula is C23H28N6OS. The fourth-order valence-corrected chi connectivity index (χ4v) is 4.40. The summed E-state index contributed by atoms with van der Waals surface area (Å²) in [4.78, 5) is 17.9. The molecule has 7 nitrogen and oxygen atoms in total. The number of amidine groups is 1. The van der Waals surface area contributed by atoms with Crippen molar-refractivity contribution in [2.24, 2.45) is 4.99 Å². The average Bonchev–Trinajstić information content (AvgIpc) is 2.93. The molecule has 162 valence electrons. The Morgan fingerprint density at radius 2 is 1.90 bits per heavy atom. The molecule has 8 heteroatoms. The van der Waals surface area contributed by atoms with Crippen LogP contribution in [0.15, 0.2) is 66.1 Å². The predicted octanol–water partition coefficient (Wildman–Crippen LogP) is 2.75. The van der Waals surface area contributed by atoms with Crippen LogP contribution in [-0.2, 0) is 0 Å². The standard InChI is InChI=1S/C23H28N6OS/c30-16-15-28-11-13-29(14-12-28)21-5-10-25-22(18-21)27-23-26-7-1-2-19(6-17-31-23)20-3-8-24-9-4-20/h1-6,8-10,18,30H,7,11-17H2,(H,25,26,27)/b2-1-,19-6+. The van der Waals surface area contributed by atoms with Gasteiger partial charge in [0.05, 0.1) is 13.2 Å². The summed E-state index contributed by atoms with van der Waals surface area (Å²) in [6, 6.07) is 8.19. The quantitative estimate of drug-likeness (QED) is 0.746. The topological polar surface area (TPSA) is 76.9 Å². The number of aromatic nitrogens is 2. The molecule has 0 bridgehead atoms. The fourth-order valence-electron chi connectivity index (χ4n) is 3.64. The Kier molecular flexibility index (Phi) is 7.71. The van der Waals surface area contributed by atoms with Crippen LogP contribution in [0.5, 0.6) is 0 Å². The van der Waals surface area contributed by atoms with Crippen molar-refractivity contribution in [3.8, 4) is 0 Å². The predicted molar refractivity (Wildman–Crippen MR) is 130 cm³/mol. The van der Waals surface area contributed by atoms with E-state index in [1.165, 1.54) is 5.57 Å². The van der Waals surface area contributed by atoms with E-state index in [0.717, 1.165) is 60.7 Å². The number of hydrogen-bond acceptors (Lipinski definition) is 8. The van der Waals surface area contributed by atoms with Gasteiger partial charge in [-0.3, -0.25) is 14.9 Å². The molecule has 0 atom stereocenters. The summed E-state index contributed by atoms with van der Waals surface area (Å²) in [6.45, 7) is 5.42. The van der Waals surface area contributed by atoms with Crippen molar-refractivity contribution >= 4 is 34.0 Å². The van der Waals surface area contributed by atoms with Crippen LogP contribution in [0.25, 0.3) is 5.57 Å². The lowest BCUT2D eigenvalue weighted by atomic mass is 10.1. The van der Waals surface area contributed by atoms with Gasteiger partial charge in [0.15, 0.2) is 5.17 Å². The molecular weight excluding hydrogens is 408 g/mol. The highest BCUT2D eigenvalue weighted by Gasteiger charge is 2.17. The van der Waals surface area contributed by atoms with Gasteiger partial charge in [0, 0.05) is 68.8 Å². The zero-order valence-electron chi connectivity index (χ0n) is 17.5. The molecule has 4 heterocycles. The maximum atomic E-state index is 9.13. The maximum Gasteiger partial charge on any atom is 0.162 e. The lowest BCUT2D eigenvalue weighted by Gasteiger charge is -2.35. The maximum absolute atomic E-state index is 9.13. The third-order valence-electron chi connectivity index (χ3n) is 5.31. The van der Waals surface area contributed by atoms with Gasteiger partial charge in [-0.1, -0.05) is 30.0 Å². The Morgan fingerprint density at radius 3 is 2.71 bits per heavy atom. The number of pyridine rings is 2. The van der Waals surface area contributed by atoms with Gasteiger partial charge in [0.2, 0.25) is 0 Å². The van der Waals surface area contributed by atoms with Gasteiger partial charge in [-0.15, -0.1) is 0 Å². The summed E-state index contributed by atoms with van der Waals surface area (Å²) in [6.07, 6.45) is 11.9. The molecule has 0 spiro atoms. The largest absolute Gasteiger partial charge is 0.395 e. The third kappa shape index (κ3) is 6.16. The summed E-state index contributed by atoms with van der Waals surface area (Å²) in [5.41, 5.74) is 3.51. The molecule has 0 saturated carbocycles. The van der Waals surface area contributed by atoms with Crippen molar-refractivity contribution in [2.75, 3.05) is 61.8 Å². The molecule has 1 fully saturated rings. The first-order chi connectivity index (χ1) is 15.3. The molecule has 2 N–H and O–H groups in total. The molecule has 2 aromatic rings. The number of anilines is 2. The minimum Gasteiger partial charge on any atom is -0.395 e. The van der Waals surface area contributed by atoms with Crippen molar-refractivity contribution in [3.05, 3.63) is 66.6 Å². The first-order valence-corrected chi connectivity index (χ1v) is 11.6. The zero-order chi connectivity index (χ0) is 21.3. The van der Waals surface area contributed by atoms with Crippen LogP contribution in [0, 0.1) is 0 Å². The Hall–Kier alpha value is -2.68. The van der Waals surface area contributed by atoms with Crippen molar-refractivity contribution in [1.29, 1.82) is 0 Å². The van der Waals surface area contributed by atoms with Gasteiger partial charge in [-0.25, -0.2) is 4.98 Å². The van der Waals surface area contributed by atoms with E-state index >= 15 is 0 Å². The molecule has 1 saturated heterocycles. The minimum atomic E-state index is 0.220. The van der Waals surface area contributed by atoms with Crippen LogP contribution >= 0.6 is 11.8 Å². The average molecular weight is 437 g/mol. The van der Waals surface area contributed by atoms with E-state index in [1.54, 1.807) is 11.8 Å². The highest BCUT2D eigenvalue weighted by molar-refractivity contribution is 8.14. The monoisotopic (exact) mass is 436 g/mol. The first kappa shape index (κ1) is 21.5. The van der Waals surface area contributed by atoms with Crippen molar-refractivity contribution in [3.63, 3.8) is 0 Å². The van der Waals surface area contributed by atoms with Gasteiger partial charge in [-0.05, 0) is 29.3 Å². The first-order valence-electron chi connectivity index (χ1n) is 10.6. The van der Waals surface area contributed by atoms with Crippen molar-refractivity contribution in [1.82, 2.24) is 14.9 Å². The number of thioether (sulfide) groups is 1. The normalized spacial score (nSPS) is 22.3. The molecule has 2 aliphatic heterocycles. The minimum absolute atomic E-state index is 0.220. The number of nitrogens with zero attached hydrogens (tertiary/aromatic N) is 5. The zero-order valence-corrected chi connectivity index (χ0v) is 18.3. The number of nitrogens with one attached hydrogen (secondary N) is 1. The summed E-state index contributed by atoms with van der Waals surface area (Å²) < 4.78 is 0. The van der Waals surface area contributed by atoms with Crippen molar-refractivity contribution < 1.29 is 5.11 Å². The van der Waals surface area contributed by atoms with Gasteiger partial charge in [-0.2, -0.15) is 0 Å². The second kappa shape index (κ2) is 11.1. The Bertz CT molecular complexity index is 938. The summed E-state index contributed by atoms with van der Waals surface area (Å²) in [5, 5.41) is 13.4. The molecule has 4 rings (SSSR count). The highest BCUT2D eigenvalue weighted by Crippen LogP contribution is 2.22. The second-order valence-corrected chi connectivity index (χ2v) is 8.34. The Labute approximate surface area is 187 Å². The summed E-state index contributed by atoms with van der Waals surface area (Å²) in [5.74, 6) is 1.63. The molecule has 2 aliphatic rings. The smallest absolute Gasteiger partial charge is 0.162 e. The van der Waals surface area contributed by atoms with Crippen LogP contribution in [0.3, 0.4) is 0 Å². The summed E-state index contributed by atoms with van der Waals surface area (Å²) in [7, 11) is 0. The van der Waals surface area contributed by atoms with E-state index in [4.69, 9.17) is 10.1 Å². The molecule has 0 radical (unpaired) electrons. The number of hydrogen-bond donors (Lipinski definition) is 2. The number of β-amino-alcohol motifs (C(OH)–C–C–N with tert-alkyl or cyclic N) is 1. The van der Waals surface area contributed by atoms with Crippen LogP contribution in [0.2, 0.25) is 0 Å². The van der Waals surface area contributed by atoms with Crippen molar-refractivity contribution in [2.45, 2.75) is 0 Å². The van der Waals surface area contributed by atoms with Gasteiger partial charge in [0.1, 0.15) is 5.82 Å². The van der Waals surface area contributed by atoms with E-state index in [9.17, 15) is 0 Å². The van der Waals surface area contributed by atoms with E-state index in [-0.39, 0.29) is 6.61 Å². The number of aliphatic hydroxyl groups excluding tert-OH is 1. The lowest BCUT2D eigenvalue weighted by Crippen LogP contribution is -2.47. The van der Waals surface area contributed by atoms with Gasteiger partial charge < -0.3 is 15.3 Å². The molecule has 0 aliphatic carbocycles. The van der Waals surface area contributed by atoms with Gasteiger partial charge in [0.25, 0.3) is 0 Å². The van der Waals surface area contributed by atoms with Crippen LogP contribution in [0.1, 0.15) is 5.56 Å². The van der Waals surface area contributed by atoms with E-state index in [1.807, 2.05) is 30.7 Å². The third-order valence-corrected chi connectivity index (χ3v) is 6.14. The SMILES string of the molecule is OCCN1CCN(c2ccnc(N/C3=N/C/C=C\C(c4ccncc4)=C/CS3)c2)CC1. The molecule has 0 aromatic carbocycles. The van der Waals surface area contributed by atoms with Crippen LogP contribution < -0.4 is 10.2 Å². The number of piperazine rings is 1. The highest BCUT2D eigenvalue weighted by atomic mass is 32.2. The molecule has 2 aromatic heterocycles. The van der Waals surface area contributed by atoms with Gasteiger partial charge >= 0.3 is 0 Å².